The molecular formula is C17H24Cl2N2O2. The van der Waals surface area contributed by atoms with Crippen molar-refractivity contribution in [1.29, 1.82) is 0 Å². The minimum atomic E-state index is -0.591. The molecule has 0 aliphatic carbocycles. The number of benzene rings is 1. The van der Waals surface area contributed by atoms with Crippen LogP contribution in [0.3, 0.4) is 0 Å². The molecule has 0 radical (unpaired) electrons. The van der Waals surface area contributed by atoms with E-state index in [1.165, 1.54) is 25.9 Å². The average molecular weight is 359 g/mol. The van der Waals surface area contributed by atoms with Crippen molar-refractivity contribution < 1.29 is 9.53 Å². The van der Waals surface area contributed by atoms with Crippen molar-refractivity contribution in [1.82, 2.24) is 10.2 Å². The van der Waals surface area contributed by atoms with Gasteiger partial charge in [-0.2, -0.15) is 0 Å². The molecule has 1 aromatic rings. The highest BCUT2D eigenvalue weighted by atomic mass is 35.5. The van der Waals surface area contributed by atoms with Crippen molar-refractivity contribution in [3.8, 4) is 5.75 Å². The van der Waals surface area contributed by atoms with Crippen LogP contribution in [0.4, 0.5) is 0 Å². The van der Waals surface area contributed by atoms with Crippen molar-refractivity contribution in [3.05, 3.63) is 28.2 Å². The summed E-state index contributed by atoms with van der Waals surface area (Å²) in [6.07, 6.45) is 4.14. The Hall–Kier alpha value is -0.970. The molecule has 1 amide bonds. The topological polar surface area (TPSA) is 41.6 Å². The maximum atomic E-state index is 12.0. The Morgan fingerprint density at radius 3 is 2.74 bits per heavy atom. The van der Waals surface area contributed by atoms with Crippen LogP contribution < -0.4 is 10.1 Å². The summed E-state index contributed by atoms with van der Waals surface area (Å²) in [5, 5.41) is 3.85. The zero-order valence-electron chi connectivity index (χ0n) is 13.5. The second-order valence-corrected chi connectivity index (χ2v) is 6.73. The summed E-state index contributed by atoms with van der Waals surface area (Å²) in [7, 11) is 0. The fourth-order valence-electron chi connectivity index (χ4n) is 2.64. The molecule has 1 saturated heterocycles. The van der Waals surface area contributed by atoms with Crippen molar-refractivity contribution in [2.24, 2.45) is 0 Å². The second kappa shape index (κ2) is 9.36. The number of carbonyl (C=O) groups is 1. The monoisotopic (exact) mass is 358 g/mol. The fourth-order valence-corrected chi connectivity index (χ4v) is 3.09. The molecule has 23 heavy (non-hydrogen) atoms. The third-order valence-corrected chi connectivity index (χ3v) is 4.50. The second-order valence-electron chi connectivity index (χ2n) is 5.88. The van der Waals surface area contributed by atoms with Crippen molar-refractivity contribution in [2.45, 2.75) is 38.7 Å². The zero-order chi connectivity index (χ0) is 16.7. The summed E-state index contributed by atoms with van der Waals surface area (Å²) >= 11 is 11.9. The molecule has 128 valence electrons. The standard InChI is InChI=1S/C17H24Cl2N2O2/c1-13(23-16-7-6-14(18)12-15(16)19)17(22)20-8-2-3-9-21-10-4-5-11-21/h6-7,12-13H,2-5,8-11H2,1H3,(H,20,22). The number of rotatable bonds is 8. The van der Waals surface area contributed by atoms with Crippen LogP contribution in [-0.4, -0.2) is 43.1 Å². The van der Waals surface area contributed by atoms with Gasteiger partial charge < -0.3 is 15.0 Å². The number of unbranched alkanes of at least 4 members (excludes halogenated alkanes) is 1. The lowest BCUT2D eigenvalue weighted by Crippen LogP contribution is -2.37. The van der Waals surface area contributed by atoms with Gasteiger partial charge in [0.15, 0.2) is 6.10 Å². The molecule has 1 unspecified atom stereocenters. The van der Waals surface area contributed by atoms with Crippen LogP contribution in [0.1, 0.15) is 32.6 Å². The van der Waals surface area contributed by atoms with Gasteiger partial charge in [0.25, 0.3) is 5.91 Å². The number of amides is 1. The van der Waals surface area contributed by atoms with Gasteiger partial charge >= 0.3 is 0 Å². The highest BCUT2D eigenvalue weighted by Gasteiger charge is 2.16. The van der Waals surface area contributed by atoms with Crippen LogP contribution in [0.15, 0.2) is 18.2 Å². The van der Waals surface area contributed by atoms with Gasteiger partial charge in [-0.25, -0.2) is 0 Å². The molecule has 1 fully saturated rings. The highest BCUT2D eigenvalue weighted by molar-refractivity contribution is 6.35. The van der Waals surface area contributed by atoms with E-state index in [2.05, 4.69) is 10.2 Å². The summed E-state index contributed by atoms with van der Waals surface area (Å²) < 4.78 is 5.59. The molecule has 1 heterocycles. The number of hydrogen-bond donors (Lipinski definition) is 1. The van der Waals surface area contributed by atoms with Crippen LogP contribution in [0, 0.1) is 0 Å². The van der Waals surface area contributed by atoms with Crippen LogP contribution in [0.2, 0.25) is 10.0 Å². The molecule has 1 aliphatic heterocycles. The number of nitrogens with one attached hydrogen (secondary N) is 1. The molecule has 0 saturated carbocycles. The molecule has 1 atom stereocenters. The number of carbonyl (C=O) groups excluding carboxylic acids is 1. The number of nitrogens with zero attached hydrogens (tertiary/aromatic N) is 1. The third kappa shape index (κ3) is 6.21. The molecule has 2 rings (SSSR count). The first kappa shape index (κ1) is 18.4. The highest BCUT2D eigenvalue weighted by Crippen LogP contribution is 2.28. The maximum absolute atomic E-state index is 12.0. The Kier molecular flexibility index (Phi) is 7.47. The van der Waals surface area contributed by atoms with Crippen molar-refractivity contribution in [2.75, 3.05) is 26.2 Å². The largest absolute Gasteiger partial charge is 0.479 e. The van der Waals surface area contributed by atoms with Crippen molar-refractivity contribution >= 4 is 29.1 Å². The van der Waals surface area contributed by atoms with Crippen molar-refractivity contribution in [3.63, 3.8) is 0 Å². The zero-order valence-corrected chi connectivity index (χ0v) is 15.0. The van der Waals surface area contributed by atoms with Gasteiger partial charge in [0.05, 0.1) is 5.02 Å². The van der Waals surface area contributed by atoms with Gasteiger partial charge in [-0.05, 0) is 70.4 Å². The van der Waals surface area contributed by atoms with E-state index < -0.39 is 6.10 Å². The van der Waals surface area contributed by atoms with Crippen LogP contribution in [0.25, 0.3) is 0 Å². The van der Waals surface area contributed by atoms with E-state index in [4.69, 9.17) is 27.9 Å². The third-order valence-electron chi connectivity index (χ3n) is 3.97. The molecule has 1 N–H and O–H groups in total. The van der Waals surface area contributed by atoms with Gasteiger partial charge in [0, 0.05) is 11.6 Å². The Morgan fingerprint density at radius 2 is 2.04 bits per heavy atom. The summed E-state index contributed by atoms with van der Waals surface area (Å²) in [6, 6.07) is 4.96. The van der Waals surface area contributed by atoms with Gasteiger partial charge in [-0.3, -0.25) is 4.79 Å². The number of halogens is 2. The predicted octanol–water partition coefficient (Wildman–Crippen LogP) is 3.75. The van der Waals surface area contributed by atoms with E-state index in [0.717, 1.165) is 19.4 Å². The number of ether oxygens (including phenoxy) is 1. The Morgan fingerprint density at radius 1 is 1.30 bits per heavy atom. The van der Waals surface area contributed by atoms with E-state index in [-0.39, 0.29) is 5.91 Å². The number of likely N-dealkylation sites (tertiary alicyclic amines) is 1. The summed E-state index contributed by atoms with van der Waals surface area (Å²) in [6.45, 7) is 5.96. The predicted molar refractivity (Wildman–Crippen MR) is 94.5 cm³/mol. The average Bonchev–Trinajstić information content (AvgIpc) is 3.02. The van der Waals surface area contributed by atoms with E-state index in [1.807, 2.05) is 0 Å². The van der Waals surface area contributed by atoms with Crippen LogP contribution in [0.5, 0.6) is 5.75 Å². The minimum Gasteiger partial charge on any atom is -0.479 e. The van der Waals surface area contributed by atoms with E-state index in [1.54, 1.807) is 25.1 Å². The van der Waals surface area contributed by atoms with Crippen LogP contribution in [-0.2, 0) is 4.79 Å². The lowest BCUT2D eigenvalue weighted by atomic mass is 10.2. The molecule has 1 aliphatic rings. The lowest BCUT2D eigenvalue weighted by molar-refractivity contribution is -0.127. The van der Waals surface area contributed by atoms with Gasteiger partial charge in [0.1, 0.15) is 5.75 Å². The van der Waals surface area contributed by atoms with Crippen LogP contribution >= 0.6 is 23.2 Å². The Labute approximate surface area is 148 Å². The summed E-state index contributed by atoms with van der Waals surface area (Å²) in [5.41, 5.74) is 0. The van der Waals surface area contributed by atoms with Gasteiger partial charge in [-0.1, -0.05) is 23.2 Å². The first-order chi connectivity index (χ1) is 11.1. The fraction of sp³-hybridized carbons (Fsp3) is 0.588. The maximum Gasteiger partial charge on any atom is 0.260 e. The lowest BCUT2D eigenvalue weighted by Gasteiger charge is -2.16. The molecule has 0 aromatic heterocycles. The van der Waals surface area contributed by atoms with E-state index in [9.17, 15) is 4.79 Å². The first-order valence-corrected chi connectivity index (χ1v) is 8.93. The van der Waals surface area contributed by atoms with Gasteiger partial charge in [0.2, 0.25) is 0 Å². The smallest absolute Gasteiger partial charge is 0.260 e. The Balaban J connectivity index is 1.64. The molecule has 0 bridgehead atoms. The molecule has 0 spiro atoms. The summed E-state index contributed by atoms with van der Waals surface area (Å²) in [5.74, 6) is 0.338. The van der Waals surface area contributed by atoms with E-state index in [0.29, 0.717) is 22.3 Å². The Bertz CT molecular complexity index is 519. The molecule has 6 heteroatoms. The minimum absolute atomic E-state index is 0.128. The normalized spacial score (nSPS) is 16.3. The van der Waals surface area contributed by atoms with Gasteiger partial charge in [-0.15, -0.1) is 0 Å². The molecular weight excluding hydrogens is 335 g/mol. The van der Waals surface area contributed by atoms with E-state index >= 15 is 0 Å². The number of hydrogen-bond acceptors (Lipinski definition) is 3. The quantitative estimate of drug-likeness (QED) is 0.719. The molecule has 1 aromatic carbocycles. The SMILES string of the molecule is CC(Oc1ccc(Cl)cc1Cl)C(=O)NCCCCN1CCCC1. The summed E-state index contributed by atoms with van der Waals surface area (Å²) in [4.78, 5) is 14.5. The molecule has 4 nitrogen and oxygen atoms in total. The first-order valence-electron chi connectivity index (χ1n) is 8.18.